The Hall–Kier alpha value is -2.88. The molecule has 0 atom stereocenters. The van der Waals surface area contributed by atoms with E-state index < -0.39 is 7.32 Å². The summed E-state index contributed by atoms with van der Waals surface area (Å²) in [6, 6.07) is 24.0. The zero-order chi connectivity index (χ0) is 19.8. The maximum absolute atomic E-state index is 5.99. The van der Waals surface area contributed by atoms with Crippen molar-refractivity contribution in [1.82, 2.24) is 0 Å². The van der Waals surface area contributed by atoms with Crippen LogP contribution in [0.4, 0.5) is 0 Å². The number of rotatable bonds is 9. The van der Waals surface area contributed by atoms with Crippen molar-refractivity contribution in [1.29, 1.82) is 0 Å². The van der Waals surface area contributed by atoms with Crippen LogP contribution in [-0.2, 0) is 19.3 Å². The first-order chi connectivity index (χ1) is 13.7. The van der Waals surface area contributed by atoms with E-state index in [9.17, 15) is 0 Å². The molecule has 144 valence electrons. The van der Waals surface area contributed by atoms with Crippen molar-refractivity contribution in [2.75, 3.05) is 0 Å². The summed E-state index contributed by atoms with van der Waals surface area (Å²) in [4.78, 5) is 0. The highest BCUT2D eigenvalue weighted by Gasteiger charge is 2.30. The van der Waals surface area contributed by atoms with E-state index in [1.165, 1.54) is 16.7 Å². The lowest BCUT2D eigenvalue weighted by molar-refractivity contribution is 0.307. The van der Waals surface area contributed by atoms with Gasteiger partial charge in [-0.25, -0.2) is 0 Å². The summed E-state index contributed by atoms with van der Waals surface area (Å²) >= 11 is 0. The number of hydrogen-bond donors (Lipinski definition) is 0. The quantitative estimate of drug-likeness (QED) is 0.437. The van der Waals surface area contributed by atoms with Crippen LogP contribution in [0.5, 0.6) is 17.2 Å². The number of hydrogen-bond acceptors (Lipinski definition) is 3. The van der Waals surface area contributed by atoms with Gasteiger partial charge in [0.25, 0.3) is 0 Å². The minimum Gasteiger partial charge on any atom is -0.490 e. The molecular formula is C24H27BO3. The summed E-state index contributed by atoms with van der Waals surface area (Å²) < 4.78 is 18.0. The third-order valence-electron chi connectivity index (χ3n) is 4.69. The Bertz CT molecular complexity index is 725. The van der Waals surface area contributed by atoms with Gasteiger partial charge in [-0.05, 0) is 72.4 Å². The van der Waals surface area contributed by atoms with Crippen molar-refractivity contribution in [3.05, 3.63) is 89.5 Å². The SMILES string of the molecule is CCc1ccc(OB(Oc2ccc(CC)cc2)Oc2ccc(CC)cc2)cc1. The fraction of sp³-hybridized carbons (Fsp3) is 0.250. The maximum Gasteiger partial charge on any atom is 0.864 e. The van der Waals surface area contributed by atoms with Gasteiger partial charge in [-0.15, -0.1) is 0 Å². The number of aryl methyl sites for hydroxylation is 3. The second kappa shape index (κ2) is 9.89. The summed E-state index contributed by atoms with van der Waals surface area (Å²) in [5.41, 5.74) is 3.78. The molecule has 0 amide bonds. The van der Waals surface area contributed by atoms with E-state index in [1.54, 1.807) is 0 Å². The Morgan fingerprint density at radius 1 is 0.464 bits per heavy atom. The first-order valence-corrected chi connectivity index (χ1v) is 9.97. The van der Waals surface area contributed by atoms with Gasteiger partial charge in [0.1, 0.15) is 17.2 Å². The smallest absolute Gasteiger partial charge is 0.490 e. The maximum atomic E-state index is 5.99. The number of benzene rings is 3. The minimum atomic E-state index is -0.882. The van der Waals surface area contributed by atoms with E-state index in [2.05, 4.69) is 57.2 Å². The molecule has 4 heteroatoms. The van der Waals surface area contributed by atoms with Crippen molar-refractivity contribution in [3.8, 4) is 17.2 Å². The van der Waals surface area contributed by atoms with Crippen molar-refractivity contribution in [2.45, 2.75) is 40.0 Å². The van der Waals surface area contributed by atoms with Crippen LogP contribution in [0.1, 0.15) is 37.5 Å². The molecule has 0 bridgehead atoms. The predicted molar refractivity (Wildman–Crippen MR) is 115 cm³/mol. The molecule has 3 aromatic carbocycles. The van der Waals surface area contributed by atoms with Gasteiger partial charge in [0, 0.05) is 0 Å². The molecule has 0 radical (unpaired) electrons. The van der Waals surface area contributed by atoms with Crippen molar-refractivity contribution in [3.63, 3.8) is 0 Å². The van der Waals surface area contributed by atoms with Gasteiger partial charge in [0.15, 0.2) is 0 Å². The Morgan fingerprint density at radius 2 is 0.714 bits per heavy atom. The molecule has 3 nitrogen and oxygen atoms in total. The Kier molecular flexibility index (Phi) is 7.02. The van der Waals surface area contributed by atoms with Crippen LogP contribution in [-0.4, -0.2) is 7.32 Å². The summed E-state index contributed by atoms with van der Waals surface area (Å²) in [5.74, 6) is 2.12. The monoisotopic (exact) mass is 374 g/mol. The summed E-state index contributed by atoms with van der Waals surface area (Å²) in [5, 5.41) is 0. The first kappa shape index (κ1) is 19.9. The van der Waals surface area contributed by atoms with Gasteiger partial charge >= 0.3 is 7.32 Å². The van der Waals surface area contributed by atoms with E-state index in [-0.39, 0.29) is 0 Å². The van der Waals surface area contributed by atoms with Gasteiger partial charge in [-0.3, -0.25) is 0 Å². The predicted octanol–water partition coefficient (Wildman–Crippen LogP) is 5.90. The molecule has 28 heavy (non-hydrogen) atoms. The van der Waals surface area contributed by atoms with Crippen LogP contribution in [0, 0.1) is 0 Å². The third kappa shape index (κ3) is 5.56. The van der Waals surface area contributed by atoms with Crippen molar-refractivity contribution in [2.24, 2.45) is 0 Å². The lowest BCUT2D eigenvalue weighted by atomic mass is 10.1. The van der Waals surface area contributed by atoms with Crippen molar-refractivity contribution >= 4 is 7.32 Å². The highest BCUT2D eigenvalue weighted by atomic mass is 16.7. The first-order valence-electron chi connectivity index (χ1n) is 9.97. The highest BCUT2D eigenvalue weighted by Crippen LogP contribution is 2.20. The molecule has 0 spiro atoms. The molecule has 0 saturated carbocycles. The Labute approximate surface area is 168 Å². The summed E-state index contributed by atoms with van der Waals surface area (Å²) in [7, 11) is -0.882. The molecular weight excluding hydrogens is 347 g/mol. The fourth-order valence-corrected chi connectivity index (χ4v) is 2.82. The molecule has 3 rings (SSSR count). The molecule has 0 fully saturated rings. The Balaban J connectivity index is 1.76. The minimum absolute atomic E-state index is 0.706. The lowest BCUT2D eigenvalue weighted by Gasteiger charge is -2.17. The van der Waals surface area contributed by atoms with Crippen LogP contribution in [0.15, 0.2) is 72.8 Å². The van der Waals surface area contributed by atoms with E-state index in [0.29, 0.717) is 17.2 Å². The third-order valence-corrected chi connectivity index (χ3v) is 4.69. The molecule has 3 aromatic rings. The van der Waals surface area contributed by atoms with Gasteiger partial charge in [0.05, 0.1) is 0 Å². The topological polar surface area (TPSA) is 27.7 Å². The van der Waals surface area contributed by atoms with E-state index in [4.69, 9.17) is 14.0 Å². The zero-order valence-electron chi connectivity index (χ0n) is 16.9. The van der Waals surface area contributed by atoms with E-state index in [0.717, 1.165) is 19.3 Å². The molecule has 0 aromatic heterocycles. The normalized spacial score (nSPS) is 10.4. The molecule has 0 unspecified atom stereocenters. The summed E-state index contributed by atoms with van der Waals surface area (Å²) in [6.07, 6.45) is 2.97. The molecule has 0 aliphatic carbocycles. The largest absolute Gasteiger partial charge is 0.864 e. The lowest BCUT2D eigenvalue weighted by Crippen LogP contribution is -2.37. The second-order valence-corrected chi connectivity index (χ2v) is 6.63. The average molecular weight is 374 g/mol. The standard InChI is InChI=1S/C24H27BO3/c1-4-19-7-13-22(14-8-19)26-25(27-23-15-9-20(5-2)10-16-23)28-24-17-11-21(6-3)12-18-24/h7-18H,4-6H2,1-3H3. The second-order valence-electron chi connectivity index (χ2n) is 6.63. The van der Waals surface area contributed by atoms with Crippen LogP contribution in [0.3, 0.4) is 0 Å². The molecule has 0 aliphatic rings. The fourth-order valence-electron chi connectivity index (χ4n) is 2.82. The zero-order valence-corrected chi connectivity index (χ0v) is 16.9. The van der Waals surface area contributed by atoms with Crippen LogP contribution < -0.4 is 14.0 Å². The molecule has 0 heterocycles. The van der Waals surface area contributed by atoms with Crippen LogP contribution in [0.25, 0.3) is 0 Å². The average Bonchev–Trinajstić information content (AvgIpc) is 2.75. The van der Waals surface area contributed by atoms with Crippen molar-refractivity contribution < 1.29 is 14.0 Å². The van der Waals surface area contributed by atoms with E-state index >= 15 is 0 Å². The van der Waals surface area contributed by atoms with Crippen LogP contribution in [0.2, 0.25) is 0 Å². The van der Waals surface area contributed by atoms with Gasteiger partial charge in [-0.2, -0.15) is 0 Å². The molecule has 0 saturated heterocycles. The molecule has 0 aliphatic heterocycles. The Morgan fingerprint density at radius 3 is 0.929 bits per heavy atom. The van der Waals surface area contributed by atoms with Gasteiger partial charge in [-0.1, -0.05) is 57.2 Å². The van der Waals surface area contributed by atoms with Crippen LogP contribution >= 0.6 is 0 Å². The van der Waals surface area contributed by atoms with Gasteiger partial charge in [0.2, 0.25) is 0 Å². The highest BCUT2D eigenvalue weighted by molar-refractivity contribution is 6.39. The van der Waals surface area contributed by atoms with E-state index in [1.807, 2.05) is 36.4 Å². The summed E-state index contributed by atoms with van der Waals surface area (Å²) in [6.45, 7) is 6.39. The van der Waals surface area contributed by atoms with Gasteiger partial charge < -0.3 is 14.0 Å². The molecule has 0 N–H and O–H groups in total.